The number of aromatic amines is 1. The second-order valence-electron chi connectivity index (χ2n) is 7.05. The van der Waals surface area contributed by atoms with Crippen molar-refractivity contribution in [1.29, 1.82) is 0 Å². The maximum absolute atomic E-state index is 12.0. The molecule has 0 bridgehead atoms. The Hall–Kier alpha value is -2.17. The SMILES string of the molecule is COc1cccc2[nH]c3c(c12)CC(NC(=O)OC(C)(C)C)CC3. The molecule has 1 heterocycles. The summed E-state index contributed by atoms with van der Waals surface area (Å²) in [5.74, 6) is 0.873. The van der Waals surface area contributed by atoms with Crippen LogP contribution in [-0.2, 0) is 17.6 Å². The van der Waals surface area contributed by atoms with Gasteiger partial charge >= 0.3 is 6.09 Å². The highest BCUT2D eigenvalue weighted by molar-refractivity contribution is 5.91. The fourth-order valence-corrected chi connectivity index (χ4v) is 3.21. The maximum Gasteiger partial charge on any atom is 0.407 e. The van der Waals surface area contributed by atoms with Crippen molar-refractivity contribution in [3.63, 3.8) is 0 Å². The number of hydrogen-bond acceptors (Lipinski definition) is 3. The number of rotatable bonds is 2. The molecule has 5 heteroatoms. The summed E-state index contributed by atoms with van der Waals surface area (Å²) in [5, 5.41) is 4.12. The van der Waals surface area contributed by atoms with E-state index in [-0.39, 0.29) is 12.1 Å². The minimum Gasteiger partial charge on any atom is -0.496 e. The molecular weight excluding hydrogens is 292 g/mol. The van der Waals surface area contributed by atoms with Crippen LogP contribution in [-0.4, -0.2) is 29.8 Å². The quantitative estimate of drug-likeness (QED) is 0.890. The van der Waals surface area contributed by atoms with E-state index >= 15 is 0 Å². The number of amides is 1. The topological polar surface area (TPSA) is 63.3 Å². The van der Waals surface area contributed by atoms with Gasteiger partial charge in [-0.3, -0.25) is 0 Å². The van der Waals surface area contributed by atoms with E-state index in [0.29, 0.717) is 0 Å². The molecule has 0 fully saturated rings. The number of methoxy groups -OCH3 is 1. The number of aromatic nitrogens is 1. The van der Waals surface area contributed by atoms with Crippen molar-refractivity contribution in [2.75, 3.05) is 7.11 Å². The van der Waals surface area contributed by atoms with Gasteiger partial charge in [0.25, 0.3) is 0 Å². The summed E-state index contributed by atoms with van der Waals surface area (Å²) in [6.45, 7) is 5.61. The monoisotopic (exact) mass is 316 g/mol. The Morgan fingerprint density at radius 1 is 1.35 bits per heavy atom. The van der Waals surface area contributed by atoms with Crippen LogP contribution in [0.15, 0.2) is 18.2 Å². The molecule has 0 aliphatic heterocycles. The first-order chi connectivity index (χ1) is 10.9. The number of H-pyrrole nitrogens is 1. The summed E-state index contributed by atoms with van der Waals surface area (Å²) in [6.07, 6.45) is 2.25. The molecule has 23 heavy (non-hydrogen) atoms. The van der Waals surface area contributed by atoms with Crippen molar-refractivity contribution in [2.24, 2.45) is 0 Å². The second-order valence-corrected chi connectivity index (χ2v) is 7.05. The lowest BCUT2D eigenvalue weighted by Crippen LogP contribution is -2.41. The minimum atomic E-state index is -0.478. The maximum atomic E-state index is 12.0. The predicted molar refractivity (Wildman–Crippen MR) is 90.0 cm³/mol. The number of ether oxygens (including phenoxy) is 2. The molecule has 0 spiro atoms. The largest absolute Gasteiger partial charge is 0.496 e. The molecule has 1 aromatic carbocycles. The lowest BCUT2D eigenvalue weighted by molar-refractivity contribution is 0.0500. The van der Waals surface area contributed by atoms with E-state index in [9.17, 15) is 4.79 Å². The lowest BCUT2D eigenvalue weighted by Gasteiger charge is -2.26. The Kier molecular flexibility index (Phi) is 3.96. The average Bonchev–Trinajstić information content (AvgIpc) is 2.83. The zero-order chi connectivity index (χ0) is 16.6. The average molecular weight is 316 g/mol. The highest BCUT2D eigenvalue weighted by Gasteiger charge is 2.26. The van der Waals surface area contributed by atoms with Gasteiger partial charge < -0.3 is 19.8 Å². The molecule has 5 nitrogen and oxygen atoms in total. The molecule has 1 atom stereocenters. The van der Waals surface area contributed by atoms with Crippen LogP contribution >= 0.6 is 0 Å². The van der Waals surface area contributed by atoms with Gasteiger partial charge in [0.05, 0.1) is 7.11 Å². The van der Waals surface area contributed by atoms with Crippen LogP contribution in [0, 0.1) is 0 Å². The van der Waals surface area contributed by atoms with E-state index in [4.69, 9.17) is 9.47 Å². The molecule has 1 aliphatic rings. The molecule has 1 aromatic heterocycles. The zero-order valence-corrected chi connectivity index (χ0v) is 14.2. The molecule has 2 N–H and O–H groups in total. The first kappa shape index (κ1) is 15.7. The summed E-state index contributed by atoms with van der Waals surface area (Å²) in [5.41, 5.74) is 3.09. The van der Waals surface area contributed by atoms with E-state index < -0.39 is 5.60 Å². The van der Waals surface area contributed by atoms with Gasteiger partial charge in [-0.2, -0.15) is 0 Å². The van der Waals surface area contributed by atoms with Gasteiger partial charge in [0.2, 0.25) is 0 Å². The van der Waals surface area contributed by atoms with Crippen molar-refractivity contribution in [3.8, 4) is 5.75 Å². The fraction of sp³-hybridized carbons (Fsp3) is 0.500. The Morgan fingerprint density at radius 2 is 2.13 bits per heavy atom. The van der Waals surface area contributed by atoms with Crippen molar-refractivity contribution in [1.82, 2.24) is 10.3 Å². The first-order valence-electron chi connectivity index (χ1n) is 8.03. The molecule has 3 rings (SSSR count). The van der Waals surface area contributed by atoms with Gasteiger partial charge in [-0.25, -0.2) is 4.79 Å². The van der Waals surface area contributed by atoms with Crippen LogP contribution in [0.25, 0.3) is 10.9 Å². The Labute approximate surface area is 136 Å². The van der Waals surface area contributed by atoms with Crippen LogP contribution in [0.2, 0.25) is 0 Å². The van der Waals surface area contributed by atoms with Crippen LogP contribution in [0.1, 0.15) is 38.4 Å². The summed E-state index contributed by atoms with van der Waals surface area (Å²) in [7, 11) is 1.69. The normalized spacial score (nSPS) is 17.7. The standard InChI is InChI=1S/C18H24N2O3/c1-18(2,3)23-17(21)19-11-8-9-13-12(10-11)16-14(20-13)6-5-7-15(16)22-4/h5-7,11,20H,8-10H2,1-4H3,(H,19,21). The number of nitrogens with one attached hydrogen (secondary N) is 2. The summed E-state index contributed by atoms with van der Waals surface area (Å²) in [6, 6.07) is 6.11. The van der Waals surface area contributed by atoms with Crippen molar-refractivity contribution >= 4 is 17.0 Å². The van der Waals surface area contributed by atoms with E-state index in [1.54, 1.807) is 7.11 Å². The van der Waals surface area contributed by atoms with Crippen LogP contribution < -0.4 is 10.1 Å². The smallest absolute Gasteiger partial charge is 0.407 e. The van der Waals surface area contributed by atoms with Crippen LogP contribution in [0.5, 0.6) is 5.75 Å². The first-order valence-corrected chi connectivity index (χ1v) is 8.03. The third-order valence-corrected chi connectivity index (χ3v) is 4.11. The summed E-state index contributed by atoms with van der Waals surface area (Å²) in [4.78, 5) is 15.5. The van der Waals surface area contributed by atoms with Gasteiger partial charge in [0, 0.05) is 22.6 Å². The Morgan fingerprint density at radius 3 is 2.83 bits per heavy atom. The molecule has 0 radical (unpaired) electrons. The summed E-state index contributed by atoms with van der Waals surface area (Å²) >= 11 is 0. The highest BCUT2D eigenvalue weighted by atomic mass is 16.6. The number of carbonyl (C=O) groups excluding carboxylic acids is 1. The predicted octanol–water partition coefficient (Wildman–Crippen LogP) is 3.56. The Bertz CT molecular complexity index is 728. The number of aryl methyl sites for hydroxylation is 1. The van der Waals surface area contributed by atoms with E-state index in [1.807, 2.05) is 32.9 Å². The number of alkyl carbamates (subject to hydrolysis) is 1. The van der Waals surface area contributed by atoms with Crippen LogP contribution in [0.4, 0.5) is 4.79 Å². The lowest BCUT2D eigenvalue weighted by atomic mass is 9.91. The van der Waals surface area contributed by atoms with Gasteiger partial charge in [0.1, 0.15) is 11.4 Å². The van der Waals surface area contributed by atoms with Crippen molar-refractivity contribution < 1.29 is 14.3 Å². The number of carbonyl (C=O) groups is 1. The van der Waals surface area contributed by atoms with Gasteiger partial charge in [0.15, 0.2) is 0 Å². The van der Waals surface area contributed by atoms with Crippen LogP contribution in [0.3, 0.4) is 0 Å². The molecule has 124 valence electrons. The number of hydrogen-bond donors (Lipinski definition) is 2. The molecular formula is C18H24N2O3. The van der Waals surface area contributed by atoms with E-state index in [1.165, 1.54) is 11.3 Å². The van der Waals surface area contributed by atoms with Crippen molar-refractivity contribution in [3.05, 3.63) is 29.5 Å². The molecule has 2 aromatic rings. The number of fused-ring (bicyclic) bond motifs is 3. The summed E-state index contributed by atoms with van der Waals surface area (Å²) < 4.78 is 10.9. The molecule has 1 amide bonds. The third kappa shape index (κ3) is 3.28. The fourth-order valence-electron chi connectivity index (χ4n) is 3.21. The van der Waals surface area contributed by atoms with Crippen molar-refractivity contribution in [2.45, 2.75) is 51.7 Å². The van der Waals surface area contributed by atoms with Gasteiger partial charge in [-0.05, 0) is 57.7 Å². The molecule has 1 aliphatic carbocycles. The van der Waals surface area contributed by atoms with Gasteiger partial charge in [-0.1, -0.05) is 6.07 Å². The molecule has 0 saturated heterocycles. The van der Waals surface area contributed by atoms with E-state index in [0.717, 1.165) is 35.9 Å². The highest BCUT2D eigenvalue weighted by Crippen LogP contribution is 2.35. The minimum absolute atomic E-state index is 0.0845. The molecule has 0 saturated carbocycles. The zero-order valence-electron chi connectivity index (χ0n) is 14.2. The third-order valence-electron chi connectivity index (χ3n) is 4.11. The second kappa shape index (κ2) is 5.80. The Balaban J connectivity index is 1.81. The number of benzene rings is 1. The molecule has 1 unspecified atom stereocenters. The van der Waals surface area contributed by atoms with E-state index in [2.05, 4.69) is 16.4 Å². The van der Waals surface area contributed by atoms with Gasteiger partial charge in [-0.15, -0.1) is 0 Å².